The molecule has 0 saturated heterocycles. The second-order valence-electron chi connectivity index (χ2n) is 4.02. The van der Waals surface area contributed by atoms with E-state index in [1.165, 1.54) is 0 Å². The minimum absolute atomic E-state index is 0.237. The highest BCUT2D eigenvalue weighted by Gasteiger charge is 2.14. The largest absolute Gasteiger partial charge is 0.798 e. The number of hydrogen-bond donors (Lipinski definition) is 2. The third-order valence-corrected chi connectivity index (χ3v) is 2.74. The van der Waals surface area contributed by atoms with Gasteiger partial charge in [-0.15, -0.1) is 0 Å². The van der Waals surface area contributed by atoms with Crippen molar-refractivity contribution in [3.05, 3.63) is 22.5 Å². The first-order valence-corrected chi connectivity index (χ1v) is 7.51. The van der Waals surface area contributed by atoms with Crippen molar-refractivity contribution < 1.29 is 23.7 Å². The molecule has 3 N–H and O–H groups in total. The van der Waals surface area contributed by atoms with Crippen LogP contribution in [0.15, 0.2) is 11.0 Å². The van der Waals surface area contributed by atoms with E-state index in [9.17, 15) is 18.6 Å². The van der Waals surface area contributed by atoms with Gasteiger partial charge in [-0.3, -0.25) is 4.57 Å². The van der Waals surface area contributed by atoms with Gasteiger partial charge < -0.3 is 25.0 Å². The molecule has 8 nitrogen and oxygen atoms in total. The van der Waals surface area contributed by atoms with Crippen LogP contribution in [-0.2, 0) is 15.8 Å². The Balaban J connectivity index is 2.79. The number of aliphatic hydroxyl groups is 1. The van der Waals surface area contributed by atoms with E-state index in [2.05, 4.69) is 4.98 Å². The smallest absolute Gasteiger partial charge is 0.349 e. The summed E-state index contributed by atoms with van der Waals surface area (Å²) in [4.78, 5) is 25.6. The summed E-state index contributed by atoms with van der Waals surface area (Å²) < 4.78 is 29.8. The number of halogens is 1. The Labute approximate surface area is 108 Å². The molecule has 108 valence electrons. The Bertz CT molecular complexity index is 543. The van der Waals surface area contributed by atoms with E-state index in [-0.39, 0.29) is 6.54 Å². The number of aromatic nitrogens is 2. The zero-order valence-electron chi connectivity index (χ0n) is 10.2. The zero-order valence-corrected chi connectivity index (χ0v) is 11.0. The molecule has 0 bridgehead atoms. The van der Waals surface area contributed by atoms with Crippen molar-refractivity contribution in [2.75, 3.05) is 25.4 Å². The Morgan fingerprint density at radius 1 is 1.74 bits per heavy atom. The molecule has 19 heavy (non-hydrogen) atoms. The third-order valence-electron chi connectivity index (χ3n) is 2.12. The van der Waals surface area contributed by atoms with Gasteiger partial charge in [0.05, 0.1) is 25.6 Å². The van der Waals surface area contributed by atoms with Gasteiger partial charge in [0.15, 0.2) is 11.6 Å². The van der Waals surface area contributed by atoms with Crippen LogP contribution in [0.5, 0.6) is 0 Å². The molecule has 0 saturated carbocycles. The third kappa shape index (κ3) is 5.07. The fraction of sp³-hybridized carbons (Fsp3) is 0.556. The lowest BCUT2D eigenvalue weighted by Crippen LogP contribution is -2.33. The van der Waals surface area contributed by atoms with Crippen LogP contribution in [0.1, 0.15) is 0 Å². The zero-order chi connectivity index (χ0) is 14.6. The highest BCUT2D eigenvalue weighted by Crippen LogP contribution is 2.29. The number of aliphatic hydroxyl groups excluding tert-OH is 1. The fourth-order valence-electron chi connectivity index (χ4n) is 1.23. The first-order chi connectivity index (χ1) is 8.73. The van der Waals surface area contributed by atoms with Crippen molar-refractivity contribution in [1.82, 2.24) is 9.55 Å². The molecule has 1 aromatic rings. The predicted molar refractivity (Wildman–Crippen MR) is 63.2 cm³/mol. The van der Waals surface area contributed by atoms with Crippen molar-refractivity contribution in [1.29, 1.82) is 0 Å². The molecule has 1 unspecified atom stereocenters. The average molecular weight is 294 g/mol. The van der Waals surface area contributed by atoms with E-state index in [0.717, 1.165) is 17.4 Å². The molecule has 0 aliphatic carbocycles. The molecule has 10 heteroatoms. The van der Waals surface area contributed by atoms with Crippen LogP contribution in [0.2, 0.25) is 0 Å². The maximum atomic E-state index is 13.1. The fourth-order valence-corrected chi connectivity index (χ4v) is 1.71. The van der Waals surface area contributed by atoms with Crippen LogP contribution in [0.3, 0.4) is 0 Å². The molecule has 0 aliphatic heterocycles. The SMILES string of the molecule is CP(=O)([O-])CO[C@H](CO)Cn1cc(F)c(N)nc1=O. The van der Waals surface area contributed by atoms with Gasteiger partial charge in [0, 0.05) is 13.6 Å². The van der Waals surface area contributed by atoms with E-state index >= 15 is 0 Å². The lowest BCUT2D eigenvalue weighted by atomic mass is 10.3. The van der Waals surface area contributed by atoms with Crippen LogP contribution >= 0.6 is 7.37 Å². The molecule has 0 aromatic carbocycles. The number of hydrogen-bond acceptors (Lipinski definition) is 7. The van der Waals surface area contributed by atoms with Gasteiger partial charge in [0.25, 0.3) is 0 Å². The molecule has 1 rings (SSSR count). The quantitative estimate of drug-likeness (QED) is 0.615. The highest BCUT2D eigenvalue weighted by molar-refractivity contribution is 7.55. The summed E-state index contributed by atoms with van der Waals surface area (Å²) in [6, 6.07) is 0. The molecule has 0 radical (unpaired) electrons. The molecule has 1 heterocycles. The molecule has 0 amide bonds. The Kier molecular flexibility index (Phi) is 5.19. The first kappa shape index (κ1) is 15.8. The highest BCUT2D eigenvalue weighted by atomic mass is 31.2. The number of ether oxygens (including phenoxy) is 1. The van der Waals surface area contributed by atoms with Crippen LogP contribution in [-0.4, -0.2) is 40.4 Å². The van der Waals surface area contributed by atoms with E-state index in [0.29, 0.717) is 0 Å². The van der Waals surface area contributed by atoms with Crippen LogP contribution in [0.4, 0.5) is 10.2 Å². The summed E-state index contributed by atoms with van der Waals surface area (Å²) in [7, 11) is -3.65. The summed E-state index contributed by atoms with van der Waals surface area (Å²) >= 11 is 0. The Hall–Kier alpha value is -1.28. The van der Waals surface area contributed by atoms with Crippen LogP contribution in [0, 0.1) is 5.82 Å². The standard InChI is InChI=1S/C9H15FN3O5P/c1-19(16,17)5-18-6(4-14)2-13-3-7(10)8(11)12-9(13)15/h3,6,14H,2,4-5H2,1H3,(H,16,17)(H2,11,12,15)/p-1/t6-/m0/s1. The van der Waals surface area contributed by atoms with E-state index in [4.69, 9.17) is 15.6 Å². The van der Waals surface area contributed by atoms with Crippen molar-refractivity contribution in [3.8, 4) is 0 Å². The van der Waals surface area contributed by atoms with Gasteiger partial charge in [0.2, 0.25) is 0 Å². The van der Waals surface area contributed by atoms with Crippen LogP contribution in [0.25, 0.3) is 0 Å². The molecule has 1 aromatic heterocycles. The summed E-state index contributed by atoms with van der Waals surface area (Å²) in [6.07, 6.45) is -0.734. The maximum Gasteiger partial charge on any atom is 0.349 e. The topological polar surface area (TPSA) is 130 Å². The summed E-state index contributed by atoms with van der Waals surface area (Å²) in [6.45, 7) is 0.218. The van der Waals surface area contributed by atoms with Gasteiger partial charge in [-0.05, 0) is 6.66 Å². The van der Waals surface area contributed by atoms with E-state index in [1.807, 2.05) is 0 Å². The van der Waals surface area contributed by atoms with Gasteiger partial charge in [0.1, 0.15) is 0 Å². The molecule has 0 aliphatic rings. The normalized spacial score (nSPS) is 16.0. The number of rotatable bonds is 6. The Morgan fingerprint density at radius 3 is 2.89 bits per heavy atom. The summed E-state index contributed by atoms with van der Waals surface area (Å²) in [5.41, 5.74) is 4.29. The molecule has 2 atom stereocenters. The lowest BCUT2D eigenvalue weighted by Gasteiger charge is -2.22. The number of nitrogens with two attached hydrogens (primary N) is 1. The maximum absolute atomic E-state index is 13.1. The van der Waals surface area contributed by atoms with Gasteiger partial charge in [-0.1, -0.05) is 0 Å². The van der Waals surface area contributed by atoms with E-state index < -0.39 is 43.8 Å². The number of nitrogen functional groups attached to an aromatic ring is 1. The average Bonchev–Trinajstić information content (AvgIpc) is 2.29. The Morgan fingerprint density at radius 2 is 2.37 bits per heavy atom. The van der Waals surface area contributed by atoms with Gasteiger partial charge in [-0.2, -0.15) is 4.98 Å². The summed E-state index contributed by atoms with van der Waals surface area (Å²) in [5.74, 6) is -1.42. The van der Waals surface area contributed by atoms with Crippen molar-refractivity contribution >= 4 is 13.2 Å². The molecule has 0 spiro atoms. The van der Waals surface area contributed by atoms with Gasteiger partial charge >= 0.3 is 5.69 Å². The second kappa shape index (κ2) is 6.25. The second-order valence-corrected chi connectivity index (χ2v) is 6.31. The van der Waals surface area contributed by atoms with Crippen molar-refractivity contribution in [2.45, 2.75) is 12.6 Å². The van der Waals surface area contributed by atoms with Crippen molar-refractivity contribution in [3.63, 3.8) is 0 Å². The molecular weight excluding hydrogens is 280 g/mol. The minimum atomic E-state index is -3.65. The van der Waals surface area contributed by atoms with Gasteiger partial charge in [-0.25, -0.2) is 9.18 Å². The van der Waals surface area contributed by atoms with E-state index in [1.54, 1.807) is 0 Å². The first-order valence-electron chi connectivity index (χ1n) is 5.25. The lowest BCUT2D eigenvalue weighted by molar-refractivity contribution is -0.180. The molecule has 0 fully saturated rings. The van der Waals surface area contributed by atoms with Crippen LogP contribution < -0.4 is 16.3 Å². The molecular formula is C9H14FN3O5P-. The number of nitrogens with zero attached hydrogens (tertiary/aromatic N) is 2. The monoisotopic (exact) mass is 294 g/mol. The number of anilines is 1. The summed E-state index contributed by atoms with van der Waals surface area (Å²) in [5, 5.41) is 9.03. The predicted octanol–water partition coefficient (Wildman–Crippen LogP) is -1.43. The van der Waals surface area contributed by atoms with Crippen molar-refractivity contribution in [2.24, 2.45) is 0 Å². The minimum Gasteiger partial charge on any atom is -0.798 e.